The van der Waals surface area contributed by atoms with Gasteiger partial charge in [0, 0.05) is 11.8 Å². The van der Waals surface area contributed by atoms with Crippen molar-refractivity contribution in [1.82, 2.24) is 0 Å². The van der Waals surface area contributed by atoms with Gasteiger partial charge in [-0.3, -0.25) is 4.79 Å². The van der Waals surface area contributed by atoms with Gasteiger partial charge in [0.25, 0.3) is 0 Å². The Labute approximate surface area is 101 Å². The van der Waals surface area contributed by atoms with Crippen LogP contribution >= 0.6 is 0 Å². The average Bonchev–Trinajstić information content (AvgIpc) is 2.14. The number of aryl methyl sites for hydroxylation is 1. The molecule has 0 bridgehead atoms. The van der Waals surface area contributed by atoms with E-state index >= 15 is 0 Å². The predicted molar refractivity (Wildman–Crippen MR) is 64.4 cm³/mol. The molecule has 1 aromatic rings. The highest BCUT2D eigenvalue weighted by atomic mass is 32.2. The first-order valence-corrected chi connectivity index (χ1v) is 6.97. The molecule has 0 fully saturated rings. The lowest BCUT2D eigenvalue weighted by atomic mass is 9.96. The molecule has 3 nitrogen and oxygen atoms in total. The second-order valence-corrected chi connectivity index (χ2v) is 7.14. The molecule has 0 aliphatic carbocycles. The summed E-state index contributed by atoms with van der Waals surface area (Å²) in [4.78, 5) is 12.1. The zero-order valence-corrected chi connectivity index (χ0v) is 11.1. The van der Waals surface area contributed by atoms with Gasteiger partial charge in [-0.15, -0.1) is 0 Å². The van der Waals surface area contributed by atoms with Crippen LogP contribution in [0.4, 0.5) is 4.39 Å². The molecule has 0 saturated carbocycles. The molecule has 0 N–H and O–H groups in total. The molecular weight excluding hydrogens is 243 g/mol. The maximum Gasteiger partial charge on any atom is 0.183 e. The van der Waals surface area contributed by atoms with E-state index in [1.807, 2.05) is 0 Å². The van der Waals surface area contributed by atoms with E-state index in [9.17, 15) is 17.6 Å². The molecule has 0 heterocycles. The smallest absolute Gasteiger partial charge is 0.183 e. The Kier molecular flexibility index (Phi) is 3.43. The van der Waals surface area contributed by atoms with E-state index in [2.05, 4.69) is 0 Å². The monoisotopic (exact) mass is 258 g/mol. The van der Waals surface area contributed by atoms with Gasteiger partial charge in [0.1, 0.15) is 10.6 Å². The number of benzene rings is 1. The van der Waals surface area contributed by atoms with Crippen LogP contribution in [0.2, 0.25) is 0 Å². The van der Waals surface area contributed by atoms with E-state index in [-0.39, 0.29) is 5.56 Å². The summed E-state index contributed by atoms with van der Waals surface area (Å²) in [7, 11) is -3.52. The number of rotatable bonds is 3. The van der Waals surface area contributed by atoms with Crippen LogP contribution in [0, 0.1) is 12.7 Å². The van der Waals surface area contributed by atoms with E-state index in [0.717, 1.165) is 12.3 Å². The molecule has 5 heteroatoms. The molecule has 0 aliphatic heterocycles. The van der Waals surface area contributed by atoms with Crippen molar-refractivity contribution in [2.24, 2.45) is 0 Å². The Bertz CT molecular complexity index is 559. The minimum absolute atomic E-state index is 0.238. The molecule has 1 aromatic carbocycles. The van der Waals surface area contributed by atoms with Crippen molar-refractivity contribution >= 4 is 15.6 Å². The van der Waals surface area contributed by atoms with Crippen molar-refractivity contribution in [3.63, 3.8) is 0 Å². The summed E-state index contributed by atoms with van der Waals surface area (Å²) in [5, 5.41) is 0. The molecule has 0 aromatic heterocycles. The third kappa shape index (κ3) is 2.54. The van der Waals surface area contributed by atoms with Gasteiger partial charge in [0.2, 0.25) is 0 Å². The van der Waals surface area contributed by atoms with E-state index < -0.39 is 26.2 Å². The lowest BCUT2D eigenvalue weighted by molar-refractivity contribution is 0.0953. The van der Waals surface area contributed by atoms with Crippen LogP contribution in [0.5, 0.6) is 0 Å². The lowest BCUT2D eigenvalue weighted by Crippen LogP contribution is -2.40. The molecule has 0 unspecified atom stereocenters. The molecule has 0 amide bonds. The van der Waals surface area contributed by atoms with Crippen LogP contribution in [0.15, 0.2) is 18.2 Å². The third-order valence-corrected chi connectivity index (χ3v) is 4.95. The number of ketones is 1. The van der Waals surface area contributed by atoms with Crippen LogP contribution in [-0.4, -0.2) is 25.2 Å². The van der Waals surface area contributed by atoms with Crippen molar-refractivity contribution < 1.29 is 17.6 Å². The van der Waals surface area contributed by atoms with Gasteiger partial charge in [-0.25, -0.2) is 12.8 Å². The van der Waals surface area contributed by atoms with E-state index in [4.69, 9.17) is 0 Å². The normalized spacial score (nSPS) is 12.5. The number of hydrogen-bond acceptors (Lipinski definition) is 3. The highest BCUT2D eigenvalue weighted by Crippen LogP contribution is 2.23. The highest BCUT2D eigenvalue weighted by molar-refractivity contribution is 7.92. The number of carbonyl (C=O) groups is 1. The van der Waals surface area contributed by atoms with Gasteiger partial charge in [-0.1, -0.05) is 0 Å². The molecule has 17 heavy (non-hydrogen) atoms. The van der Waals surface area contributed by atoms with Crippen LogP contribution in [0.3, 0.4) is 0 Å². The molecule has 94 valence electrons. The van der Waals surface area contributed by atoms with Crippen LogP contribution < -0.4 is 0 Å². The largest absolute Gasteiger partial charge is 0.292 e. The number of Topliss-reactive ketones (excluding diaryl/α,β-unsaturated/α-hetero) is 1. The Balaban J connectivity index is 3.32. The topological polar surface area (TPSA) is 51.2 Å². The first-order chi connectivity index (χ1) is 7.57. The van der Waals surface area contributed by atoms with E-state index in [1.165, 1.54) is 26.0 Å². The zero-order chi connectivity index (χ0) is 13.4. The second-order valence-electron chi connectivity index (χ2n) is 4.57. The SMILES string of the molecule is Cc1cc(F)ccc1C(=O)C(C)(C)S(C)(=O)=O. The number of sulfone groups is 1. The van der Waals surface area contributed by atoms with Gasteiger partial charge in [-0.05, 0) is 44.5 Å². The second kappa shape index (κ2) is 4.22. The van der Waals surface area contributed by atoms with Gasteiger partial charge in [0.15, 0.2) is 15.6 Å². The van der Waals surface area contributed by atoms with E-state index in [0.29, 0.717) is 5.56 Å². The van der Waals surface area contributed by atoms with E-state index in [1.54, 1.807) is 6.92 Å². The molecule has 0 radical (unpaired) electrons. The summed E-state index contributed by atoms with van der Waals surface area (Å²) in [5.74, 6) is -0.964. The Hall–Kier alpha value is -1.23. The van der Waals surface area contributed by atoms with Gasteiger partial charge in [-0.2, -0.15) is 0 Å². The Morgan fingerprint density at radius 1 is 1.29 bits per heavy atom. The highest BCUT2D eigenvalue weighted by Gasteiger charge is 2.39. The van der Waals surface area contributed by atoms with Gasteiger partial charge in [0.05, 0.1) is 0 Å². The fourth-order valence-electron chi connectivity index (χ4n) is 1.37. The van der Waals surface area contributed by atoms with Gasteiger partial charge >= 0.3 is 0 Å². The summed E-state index contributed by atoms with van der Waals surface area (Å²) < 4.78 is 34.5. The maximum absolute atomic E-state index is 12.9. The Morgan fingerprint density at radius 3 is 2.24 bits per heavy atom. The number of halogens is 1. The number of carbonyl (C=O) groups excluding carboxylic acids is 1. The van der Waals surface area contributed by atoms with Gasteiger partial charge < -0.3 is 0 Å². The van der Waals surface area contributed by atoms with Crippen molar-refractivity contribution in [3.05, 3.63) is 35.1 Å². The predicted octanol–water partition coefficient (Wildman–Crippen LogP) is 2.14. The standard InChI is InChI=1S/C12H15FO3S/c1-8-7-9(13)5-6-10(8)11(14)12(2,3)17(4,15)16/h5-7H,1-4H3. The summed E-state index contributed by atoms with van der Waals surface area (Å²) in [5.41, 5.74) is 0.675. The van der Waals surface area contributed by atoms with Crippen molar-refractivity contribution in [2.75, 3.05) is 6.26 Å². The first kappa shape index (κ1) is 13.8. The van der Waals surface area contributed by atoms with Crippen molar-refractivity contribution in [1.29, 1.82) is 0 Å². The molecule has 0 atom stereocenters. The fraction of sp³-hybridized carbons (Fsp3) is 0.417. The molecular formula is C12H15FO3S. The Morgan fingerprint density at radius 2 is 1.82 bits per heavy atom. The summed E-state index contributed by atoms with van der Waals surface area (Å²) in [6.07, 6.45) is 1.02. The third-order valence-electron chi connectivity index (χ3n) is 2.91. The minimum atomic E-state index is -3.52. The summed E-state index contributed by atoms with van der Waals surface area (Å²) >= 11 is 0. The maximum atomic E-state index is 12.9. The van der Waals surface area contributed by atoms with Crippen LogP contribution in [-0.2, 0) is 9.84 Å². The summed E-state index contributed by atoms with van der Waals surface area (Å²) in [6, 6.07) is 3.68. The first-order valence-electron chi connectivity index (χ1n) is 5.08. The van der Waals surface area contributed by atoms with Crippen molar-refractivity contribution in [3.8, 4) is 0 Å². The molecule has 0 aliphatic rings. The lowest BCUT2D eigenvalue weighted by Gasteiger charge is -2.21. The van der Waals surface area contributed by atoms with Crippen molar-refractivity contribution in [2.45, 2.75) is 25.5 Å². The summed E-state index contributed by atoms with van der Waals surface area (Å²) in [6.45, 7) is 4.29. The minimum Gasteiger partial charge on any atom is -0.292 e. The molecule has 0 spiro atoms. The average molecular weight is 258 g/mol. The van der Waals surface area contributed by atoms with Crippen LogP contribution in [0.1, 0.15) is 29.8 Å². The zero-order valence-electron chi connectivity index (χ0n) is 10.2. The van der Waals surface area contributed by atoms with Crippen LogP contribution in [0.25, 0.3) is 0 Å². The number of hydrogen-bond donors (Lipinski definition) is 0. The quantitative estimate of drug-likeness (QED) is 0.780. The fourth-order valence-corrected chi connectivity index (χ4v) is 1.82. The molecule has 0 saturated heterocycles. The molecule has 1 rings (SSSR count).